The third-order valence-corrected chi connectivity index (χ3v) is 4.04. The molecule has 1 N–H and O–H groups in total. The summed E-state index contributed by atoms with van der Waals surface area (Å²) >= 11 is 3.13. The van der Waals surface area contributed by atoms with Crippen LogP contribution in [0.25, 0.3) is 0 Å². The number of nitrogens with zero attached hydrogens (tertiary/aromatic N) is 2. The standard InChI is InChI=1S/C15H13BrF3N3O/c16-9-3-4-11(10(17)5-9)20-14(23)7-22-13(8-1-2-8)6-12(21-22)15(18)19/h3-6,8,15H,1-2,7H2,(H,20,23). The van der Waals surface area contributed by atoms with Gasteiger partial charge in [-0.25, -0.2) is 13.2 Å². The van der Waals surface area contributed by atoms with Crippen LogP contribution in [-0.4, -0.2) is 15.7 Å². The number of carbonyl (C=O) groups is 1. The van der Waals surface area contributed by atoms with Crippen LogP contribution in [0.2, 0.25) is 0 Å². The maximum atomic E-state index is 13.7. The van der Waals surface area contributed by atoms with Crippen LogP contribution in [0.15, 0.2) is 28.7 Å². The summed E-state index contributed by atoms with van der Waals surface area (Å²) in [6.45, 7) is -0.228. The Morgan fingerprint density at radius 1 is 1.39 bits per heavy atom. The fraction of sp³-hybridized carbons (Fsp3) is 0.333. The van der Waals surface area contributed by atoms with Gasteiger partial charge in [-0.2, -0.15) is 5.10 Å². The molecule has 0 bridgehead atoms. The number of carbonyl (C=O) groups excluding carboxylic acids is 1. The molecule has 1 fully saturated rings. The van der Waals surface area contributed by atoms with Crippen LogP contribution < -0.4 is 5.32 Å². The van der Waals surface area contributed by atoms with Crippen LogP contribution >= 0.6 is 15.9 Å². The lowest BCUT2D eigenvalue weighted by Crippen LogP contribution is -2.21. The van der Waals surface area contributed by atoms with Gasteiger partial charge >= 0.3 is 0 Å². The smallest absolute Gasteiger partial charge is 0.282 e. The van der Waals surface area contributed by atoms with E-state index in [9.17, 15) is 18.0 Å². The van der Waals surface area contributed by atoms with Gasteiger partial charge < -0.3 is 5.32 Å². The van der Waals surface area contributed by atoms with E-state index in [0.717, 1.165) is 12.8 Å². The molecule has 1 aliphatic carbocycles. The topological polar surface area (TPSA) is 46.9 Å². The fourth-order valence-electron chi connectivity index (χ4n) is 2.31. The second kappa shape index (κ2) is 6.35. The summed E-state index contributed by atoms with van der Waals surface area (Å²) in [5.74, 6) is -0.923. The van der Waals surface area contributed by atoms with Crippen LogP contribution in [-0.2, 0) is 11.3 Å². The van der Waals surface area contributed by atoms with Gasteiger partial charge in [-0.3, -0.25) is 9.48 Å². The highest BCUT2D eigenvalue weighted by Gasteiger charge is 2.30. The molecule has 23 heavy (non-hydrogen) atoms. The molecule has 0 unspecified atom stereocenters. The van der Waals surface area contributed by atoms with Gasteiger partial charge in [-0.05, 0) is 37.1 Å². The summed E-state index contributed by atoms with van der Waals surface area (Å²) in [5.41, 5.74) is 0.327. The number of halogens is 4. The lowest BCUT2D eigenvalue weighted by atomic mass is 10.2. The zero-order valence-electron chi connectivity index (χ0n) is 11.9. The molecule has 1 amide bonds. The Labute approximate surface area is 138 Å². The van der Waals surface area contributed by atoms with E-state index in [4.69, 9.17) is 0 Å². The lowest BCUT2D eigenvalue weighted by molar-refractivity contribution is -0.117. The quantitative estimate of drug-likeness (QED) is 0.833. The molecule has 3 rings (SSSR count). The molecule has 8 heteroatoms. The molecule has 4 nitrogen and oxygen atoms in total. The third-order valence-electron chi connectivity index (χ3n) is 3.55. The van der Waals surface area contributed by atoms with Crippen LogP contribution in [0.4, 0.5) is 18.9 Å². The highest BCUT2D eigenvalue weighted by molar-refractivity contribution is 9.10. The van der Waals surface area contributed by atoms with E-state index >= 15 is 0 Å². The SMILES string of the molecule is O=C(Cn1nc(C(F)F)cc1C1CC1)Nc1ccc(Br)cc1F. The number of rotatable bonds is 5. The van der Waals surface area contributed by atoms with E-state index in [1.807, 2.05) is 0 Å². The predicted octanol–water partition coefficient (Wildman–Crippen LogP) is 4.24. The molecule has 1 aromatic carbocycles. The molecule has 0 spiro atoms. The van der Waals surface area contributed by atoms with Crippen LogP contribution in [0, 0.1) is 5.82 Å². The molecule has 0 radical (unpaired) electrons. The third kappa shape index (κ3) is 3.74. The largest absolute Gasteiger partial charge is 0.322 e. The number of anilines is 1. The first kappa shape index (κ1) is 16.0. The van der Waals surface area contributed by atoms with Gasteiger partial charge in [0.2, 0.25) is 5.91 Å². The average Bonchev–Trinajstić information content (AvgIpc) is 3.23. The molecular formula is C15H13BrF3N3O. The average molecular weight is 388 g/mol. The first-order valence-corrected chi connectivity index (χ1v) is 7.84. The van der Waals surface area contributed by atoms with Crippen molar-refractivity contribution in [2.45, 2.75) is 31.7 Å². The first-order valence-electron chi connectivity index (χ1n) is 7.04. The van der Waals surface area contributed by atoms with Crippen molar-refractivity contribution >= 4 is 27.5 Å². The van der Waals surface area contributed by atoms with Crippen molar-refractivity contribution in [3.05, 3.63) is 45.9 Å². The lowest BCUT2D eigenvalue weighted by Gasteiger charge is -2.09. The summed E-state index contributed by atoms with van der Waals surface area (Å²) in [6, 6.07) is 5.59. The van der Waals surface area contributed by atoms with Crippen LogP contribution in [0.1, 0.15) is 36.6 Å². The summed E-state index contributed by atoms with van der Waals surface area (Å²) in [5, 5.41) is 6.22. The molecule has 1 heterocycles. The number of hydrogen-bond donors (Lipinski definition) is 1. The maximum Gasteiger partial charge on any atom is 0.282 e. The highest BCUT2D eigenvalue weighted by atomic mass is 79.9. The predicted molar refractivity (Wildman–Crippen MR) is 81.9 cm³/mol. The molecular weight excluding hydrogens is 375 g/mol. The summed E-state index contributed by atoms with van der Waals surface area (Å²) in [7, 11) is 0. The van der Waals surface area contributed by atoms with Crippen LogP contribution in [0.3, 0.4) is 0 Å². The Balaban J connectivity index is 1.74. The van der Waals surface area contributed by atoms with Crippen molar-refractivity contribution in [2.24, 2.45) is 0 Å². The molecule has 0 aliphatic heterocycles. The van der Waals surface area contributed by atoms with E-state index in [1.165, 1.54) is 22.9 Å². The molecule has 1 aromatic heterocycles. The Morgan fingerprint density at radius 2 is 2.13 bits per heavy atom. The second-order valence-corrected chi connectivity index (χ2v) is 6.31. The Kier molecular flexibility index (Phi) is 4.43. The van der Waals surface area contributed by atoms with Crippen molar-refractivity contribution in [3.8, 4) is 0 Å². The van der Waals surface area contributed by atoms with Gasteiger partial charge in [-0.1, -0.05) is 15.9 Å². The van der Waals surface area contributed by atoms with E-state index in [2.05, 4.69) is 26.3 Å². The van der Waals surface area contributed by atoms with Gasteiger partial charge in [0.15, 0.2) is 0 Å². The van der Waals surface area contributed by atoms with Crippen molar-refractivity contribution in [2.75, 3.05) is 5.32 Å². The highest BCUT2D eigenvalue weighted by Crippen LogP contribution is 2.41. The Morgan fingerprint density at radius 3 is 2.74 bits per heavy atom. The minimum Gasteiger partial charge on any atom is -0.322 e. The first-order chi connectivity index (χ1) is 10.9. The molecule has 0 saturated heterocycles. The minimum atomic E-state index is -2.68. The monoisotopic (exact) mass is 387 g/mol. The molecule has 1 aliphatic rings. The van der Waals surface area contributed by atoms with E-state index in [0.29, 0.717) is 10.2 Å². The number of nitrogens with one attached hydrogen (secondary N) is 1. The van der Waals surface area contributed by atoms with Crippen molar-refractivity contribution in [1.82, 2.24) is 9.78 Å². The second-order valence-electron chi connectivity index (χ2n) is 5.40. The van der Waals surface area contributed by atoms with Gasteiger partial charge in [0.05, 0.1) is 5.69 Å². The van der Waals surface area contributed by atoms with Gasteiger partial charge in [-0.15, -0.1) is 0 Å². The molecule has 0 atom stereocenters. The number of hydrogen-bond acceptors (Lipinski definition) is 2. The Bertz CT molecular complexity index is 744. The van der Waals surface area contributed by atoms with Crippen molar-refractivity contribution in [1.29, 1.82) is 0 Å². The number of benzene rings is 1. The van der Waals surface area contributed by atoms with E-state index < -0.39 is 18.1 Å². The molecule has 2 aromatic rings. The summed E-state index contributed by atoms with van der Waals surface area (Å²) in [6.07, 6.45) is -0.880. The number of aromatic nitrogens is 2. The van der Waals surface area contributed by atoms with Crippen LogP contribution in [0.5, 0.6) is 0 Å². The molecule has 122 valence electrons. The van der Waals surface area contributed by atoms with Gasteiger partial charge in [0, 0.05) is 16.1 Å². The van der Waals surface area contributed by atoms with Crippen molar-refractivity contribution < 1.29 is 18.0 Å². The zero-order chi connectivity index (χ0) is 16.6. The fourth-order valence-corrected chi connectivity index (χ4v) is 2.64. The van der Waals surface area contributed by atoms with E-state index in [-0.39, 0.29) is 23.8 Å². The Hall–Kier alpha value is -1.83. The van der Waals surface area contributed by atoms with Gasteiger partial charge in [0.1, 0.15) is 18.1 Å². The van der Waals surface area contributed by atoms with E-state index in [1.54, 1.807) is 6.07 Å². The van der Waals surface area contributed by atoms with Crippen molar-refractivity contribution in [3.63, 3.8) is 0 Å². The maximum absolute atomic E-state index is 13.7. The normalized spacial score (nSPS) is 14.3. The van der Waals surface area contributed by atoms with Gasteiger partial charge in [0.25, 0.3) is 6.43 Å². The minimum absolute atomic E-state index is 0.0346. The summed E-state index contributed by atoms with van der Waals surface area (Å²) < 4.78 is 41.1. The number of amides is 1. The zero-order valence-corrected chi connectivity index (χ0v) is 13.5. The number of alkyl halides is 2. The molecule has 1 saturated carbocycles. The summed E-state index contributed by atoms with van der Waals surface area (Å²) in [4.78, 5) is 12.1.